The molecule has 0 aliphatic carbocycles. The molecule has 0 aliphatic heterocycles. The molecule has 1 aromatic carbocycles. The van der Waals surface area contributed by atoms with Crippen molar-refractivity contribution in [2.24, 2.45) is 0 Å². The third kappa shape index (κ3) is 3.07. The van der Waals surface area contributed by atoms with Crippen LogP contribution < -0.4 is 4.74 Å². The van der Waals surface area contributed by atoms with Crippen molar-refractivity contribution in [1.82, 2.24) is 0 Å². The maximum Gasteiger partial charge on any atom is 0.150 e. The largest absolute Gasteiger partial charge is 0.490 e. The van der Waals surface area contributed by atoms with E-state index in [-0.39, 0.29) is 6.10 Å². The molecule has 0 saturated carbocycles. The van der Waals surface area contributed by atoms with Crippen molar-refractivity contribution in [2.45, 2.75) is 26.9 Å². The first-order valence-corrected chi connectivity index (χ1v) is 5.30. The van der Waals surface area contributed by atoms with E-state index in [0.29, 0.717) is 12.2 Å². The van der Waals surface area contributed by atoms with Gasteiger partial charge in [-0.05, 0) is 44.0 Å². The number of ether oxygens (including phenoxy) is 2. The van der Waals surface area contributed by atoms with Crippen LogP contribution in [0.1, 0.15) is 28.4 Å². The molecular weight excluding hydrogens is 204 g/mol. The van der Waals surface area contributed by atoms with Gasteiger partial charge in [-0.3, -0.25) is 4.79 Å². The van der Waals surface area contributed by atoms with Crippen LogP contribution in [0.15, 0.2) is 12.1 Å². The summed E-state index contributed by atoms with van der Waals surface area (Å²) in [5.74, 6) is 0.842. The zero-order chi connectivity index (χ0) is 12.1. The fourth-order valence-corrected chi connectivity index (χ4v) is 1.55. The van der Waals surface area contributed by atoms with Gasteiger partial charge in [-0.15, -0.1) is 0 Å². The predicted octanol–water partition coefficient (Wildman–Crippen LogP) is 2.53. The molecule has 1 aromatic rings. The number of carbonyl (C=O) groups is 1. The zero-order valence-corrected chi connectivity index (χ0v) is 10.2. The van der Waals surface area contributed by atoms with Crippen molar-refractivity contribution >= 4 is 6.29 Å². The average molecular weight is 222 g/mol. The van der Waals surface area contributed by atoms with Gasteiger partial charge in [-0.1, -0.05) is 0 Å². The standard InChI is InChI=1S/C13H18O3/c1-9-5-12(7-14)6-10(2)13(9)16-8-11(3)15-4/h5-7,11H,8H2,1-4H3. The number of methoxy groups -OCH3 is 1. The quantitative estimate of drug-likeness (QED) is 0.718. The molecule has 16 heavy (non-hydrogen) atoms. The Kier molecular flexibility index (Phi) is 4.50. The third-order valence-electron chi connectivity index (χ3n) is 2.48. The molecule has 0 radical (unpaired) electrons. The zero-order valence-electron chi connectivity index (χ0n) is 10.2. The van der Waals surface area contributed by atoms with Gasteiger partial charge in [-0.25, -0.2) is 0 Å². The molecule has 0 amide bonds. The number of rotatable bonds is 5. The summed E-state index contributed by atoms with van der Waals surface area (Å²) in [6.45, 7) is 6.34. The van der Waals surface area contributed by atoms with Gasteiger partial charge < -0.3 is 9.47 Å². The topological polar surface area (TPSA) is 35.5 Å². The Balaban J connectivity index is 2.84. The van der Waals surface area contributed by atoms with Crippen LogP contribution in [0.2, 0.25) is 0 Å². The SMILES string of the molecule is COC(C)COc1c(C)cc(C=O)cc1C. The number of aryl methyl sites for hydroxylation is 2. The number of hydrogen-bond donors (Lipinski definition) is 0. The van der Waals surface area contributed by atoms with Crippen LogP contribution in [-0.4, -0.2) is 26.1 Å². The summed E-state index contributed by atoms with van der Waals surface area (Å²) in [4.78, 5) is 10.7. The summed E-state index contributed by atoms with van der Waals surface area (Å²) < 4.78 is 10.8. The lowest BCUT2D eigenvalue weighted by molar-refractivity contribution is 0.0711. The lowest BCUT2D eigenvalue weighted by Gasteiger charge is -2.15. The Morgan fingerprint density at radius 1 is 1.31 bits per heavy atom. The Morgan fingerprint density at radius 3 is 2.31 bits per heavy atom. The summed E-state index contributed by atoms with van der Waals surface area (Å²) in [6, 6.07) is 3.65. The van der Waals surface area contributed by atoms with E-state index in [9.17, 15) is 4.79 Å². The van der Waals surface area contributed by atoms with E-state index < -0.39 is 0 Å². The second-order valence-corrected chi connectivity index (χ2v) is 3.96. The molecule has 0 aromatic heterocycles. The molecule has 0 fully saturated rings. The first-order chi connectivity index (χ1) is 7.58. The molecule has 0 spiro atoms. The maximum atomic E-state index is 10.7. The smallest absolute Gasteiger partial charge is 0.150 e. The highest BCUT2D eigenvalue weighted by atomic mass is 16.5. The maximum absolute atomic E-state index is 10.7. The van der Waals surface area contributed by atoms with Gasteiger partial charge in [0.05, 0.1) is 6.10 Å². The normalized spacial score (nSPS) is 12.2. The number of carbonyl (C=O) groups excluding carboxylic acids is 1. The molecule has 1 unspecified atom stereocenters. The minimum Gasteiger partial charge on any atom is -0.490 e. The van der Waals surface area contributed by atoms with Gasteiger partial charge in [0.15, 0.2) is 0 Å². The summed E-state index contributed by atoms with van der Waals surface area (Å²) in [5, 5.41) is 0. The van der Waals surface area contributed by atoms with Crippen LogP contribution in [0.4, 0.5) is 0 Å². The summed E-state index contributed by atoms with van der Waals surface area (Å²) >= 11 is 0. The Morgan fingerprint density at radius 2 is 1.88 bits per heavy atom. The van der Waals surface area contributed by atoms with E-state index in [4.69, 9.17) is 9.47 Å². The van der Waals surface area contributed by atoms with Crippen LogP contribution in [0.25, 0.3) is 0 Å². The van der Waals surface area contributed by atoms with E-state index in [1.54, 1.807) is 7.11 Å². The molecule has 0 saturated heterocycles. The molecular formula is C13H18O3. The van der Waals surface area contributed by atoms with E-state index in [0.717, 1.165) is 23.2 Å². The van der Waals surface area contributed by atoms with Crippen molar-refractivity contribution in [2.75, 3.05) is 13.7 Å². The monoisotopic (exact) mass is 222 g/mol. The predicted molar refractivity (Wildman–Crippen MR) is 63.3 cm³/mol. The highest BCUT2D eigenvalue weighted by Gasteiger charge is 2.08. The van der Waals surface area contributed by atoms with Crippen LogP contribution in [0.3, 0.4) is 0 Å². The Hall–Kier alpha value is -1.35. The minimum absolute atomic E-state index is 0.0598. The Labute approximate surface area is 96.4 Å². The van der Waals surface area contributed by atoms with Crippen LogP contribution in [0.5, 0.6) is 5.75 Å². The van der Waals surface area contributed by atoms with E-state index in [2.05, 4.69) is 0 Å². The molecule has 3 nitrogen and oxygen atoms in total. The molecule has 0 N–H and O–H groups in total. The number of hydrogen-bond acceptors (Lipinski definition) is 3. The lowest BCUT2D eigenvalue weighted by atomic mass is 10.1. The fourth-order valence-electron chi connectivity index (χ4n) is 1.55. The van der Waals surface area contributed by atoms with Crippen molar-refractivity contribution in [3.63, 3.8) is 0 Å². The van der Waals surface area contributed by atoms with Crippen molar-refractivity contribution in [3.05, 3.63) is 28.8 Å². The summed E-state index contributed by atoms with van der Waals surface area (Å²) in [7, 11) is 1.66. The van der Waals surface area contributed by atoms with Crippen molar-refractivity contribution in [1.29, 1.82) is 0 Å². The second-order valence-electron chi connectivity index (χ2n) is 3.96. The van der Waals surface area contributed by atoms with E-state index in [1.165, 1.54) is 0 Å². The number of aldehydes is 1. The molecule has 3 heteroatoms. The molecule has 0 bridgehead atoms. The fraction of sp³-hybridized carbons (Fsp3) is 0.462. The second kappa shape index (κ2) is 5.66. The van der Waals surface area contributed by atoms with Crippen molar-refractivity contribution < 1.29 is 14.3 Å². The van der Waals surface area contributed by atoms with Crippen LogP contribution >= 0.6 is 0 Å². The van der Waals surface area contributed by atoms with Gasteiger partial charge in [0.1, 0.15) is 18.6 Å². The van der Waals surface area contributed by atoms with E-state index in [1.807, 2.05) is 32.9 Å². The molecule has 1 rings (SSSR count). The third-order valence-corrected chi connectivity index (χ3v) is 2.48. The number of benzene rings is 1. The Bertz CT molecular complexity index is 348. The van der Waals surface area contributed by atoms with Crippen molar-refractivity contribution in [3.8, 4) is 5.75 Å². The van der Waals surface area contributed by atoms with Gasteiger partial charge in [0.25, 0.3) is 0 Å². The van der Waals surface area contributed by atoms with E-state index >= 15 is 0 Å². The molecule has 0 heterocycles. The molecule has 1 atom stereocenters. The van der Waals surface area contributed by atoms with Gasteiger partial charge in [-0.2, -0.15) is 0 Å². The highest BCUT2D eigenvalue weighted by Crippen LogP contribution is 2.24. The molecule has 88 valence electrons. The minimum atomic E-state index is 0.0598. The first kappa shape index (κ1) is 12.7. The summed E-state index contributed by atoms with van der Waals surface area (Å²) in [5.41, 5.74) is 2.64. The van der Waals surface area contributed by atoms with Gasteiger partial charge in [0, 0.05) is 12.7 Å². The van der Waals surface area contributed by atoms with Gasteiger partial charge in [0.2, 0.25) is 0 Å². The average Bonchev–Trinajstić information content (AvgIpc) is 2.27. The van der Waals surface area contributed by atoms with Crippen LogP contribution in [-0.2, 0) is 4.74 Å². The first-order valence-electron chi connectivity index (χ1n) is 5.30. The highest BCUT2D eigenvalue weighted by molar-refractivity contribution is 5.76. The van der Waals surface area contributed by atoms with Crippen LogP contribution in [0, 0.1) is 13.8 Å². The lowest BCUT2D eigenvalue weighted by Crippen LogP contribution is -2.16. The summed E-state index contributed by atoms with van der Waals surface area (Å²) in [6.07, 6.45) is 0.909. The molecule has 0 aliphatic rings. The van der Waals surface area contributed by atoms with Gasteiger partial charge >= 0.3 is 0 Å².